The van der Waals surface area contributed by atoms with Gasteiger partial charge >= 0.3 is 0 Å². The third-order valence-corrected chi connectivity index (χ3v) is 7.47. The monoisotopic (exact) mass is 651 g/mol. The fraction of sp³-hybridized carbons (Fsp3) is 0.185. The van der Waals surface area contributed by atoms with Crippen molar-refractivity contribution in [3.05, 3.63) is 81.2 Å². The van der Waals surface area contributed by atoms with Gasteiger partial charge in [-0.15, -0.1) is 0 Å². The van der Waals surface area contributed by atoms with Crippen LogP contribution in [0.4, 0.5) is 23.2 Å². The standard InChI is InChI=1S/C27H19BrClF4N5O3/c28-12-4-5-21-16(6-12)25(26(34)40)36-38(21)11-23(39)37-10-13(30)7-22(37)27(41)35-20-3-1-2-14(24(20)33)15-8-18(31)19(32)9-17(15)29/h1-6,8-9,13,22H,7,10-11H2,(H2,34,40)(H,35,41)/t13-,22+/m1/s1. The van der Waals surface area contributed by atoms with Crippen molar-refractivity contribution in [1.29, 1.82) is 0 Å². The van der Waals surface area contributed by atoms with Crippen LogP contribution in [-0.2, 0) is 16.1 Å². The maximum absolute atomic E-state index is 15.4. The number of halogens is 6. The van der Waals surface area contributed by atoms with Gasteiger partial charge in [0.25, 0.3) is 5.91 Å². The summed E-state index contributed by atoms with van der Waals surface area (Å²) in [5, 5.41) is 6.64. The van der Waals surface area contributed by atoms with E-state index in [1.54, 1.807) is 18.2 Å². The third-order valence-electron chi connectivity index (χ3n) is 6.66. The van der Waals surface area contributed by atoms with Crippen molar-refractivity contribution < 1.29 is 31.9 Å². The molecule has 1 saturated heterocycles. The van der Waals surface area contributed by atoms with Gasteiger partial charge in [-0.3, -0.25) is 19.1 Å². The highest BCUT2D eigenvalue weighted by Crippen LogP contribution is 2.35. The molecule has 4 aromatic rings. The van der Waals surface area contributed by atoms with E-state index in [9.17, 15) is 27.6 Å². The molecule has 1 fully saturated rings. The number of alkyl halides is 1. The third kappa shape index (κ3) is 5.51. The van der Waals surface area contributed by atoms with Crippen molar-refractivity contribution >= 4 is 61.8 Å². The summed E-state index contributed by atoms with van der Waals surface area (Å²) in [5.74, 6) is -5.79. The molecule has 14 heteroatoms. The number of likely N-dealkylation sites (tertiary alicyclic amines) is 1. The summed E-state index contributed by atoms with van der Waals surface area (Å²) in [5.41, 5.74) is 5.09. The first-order chi connectivity index (χ1) is 19.4. The second kappa shape index (κ2) is 11.1. The lowest BCUT2D eigenvalue weighted by atomic mass is 10.0. The Morgan fingerprint density at radius 1 is 1.07 bits per heavy atom. The van der Waals surface area contributed by atoms with E-state index in [-0.39, 0.29) is 34.0 Å². The molecule has 2 heterocycles. The molecule has 3 amide bonds. The minimum Gasteiger partial charge on any atom is -0.364 e. The summed E-state index contributed by atoms with van der Waals surface area (Å²) in [7, 11) is 0. The molecule has 0 unspecified atom stereocenters. The summed E-state index contributed by atoms with van der Waals surface area (Å²) in [4.78, 5) is 39.3. The van der Waals surface area contributed by atoms with Crippen LogP contribution in [0.15, 0.2) is 53.0 Å². The molecule has 0 spiro atoms. The van der Waals surface area contributed by atoms with Crippen LogP contribution in [0.5, 0.6) is 0 Å². The fourth-order valence-electron chi connectivity index (χ4n) is 4.76. The first kappa shape index (κ1) is 28.6. The fourth-order valence-corrected chi connectivity index (χ4v) is 5.38. The molecule has 0 radical (unpaired) electrons. The minimum atomic E-state index is -1.53. The average Bonchev–Trinajstić information content (AvgIpc) is 3.48. The molecule has 41 heavy (non-hydrogen) atoms. The second-order valence-corrected chi connectivity index (χ2v) is 10.7. The number of nitrogens with two attached hydrogens (primary N) is 1. The molecule has 5 rings (SSSR count). The maximum atomic E-state index is 15.4. The van der Waals surface area contributed by atoms with Crippen molar-refractivity contribution in [3.8, 4) is 11.1 Å². The van der Waals surface area contributed by atoms with Gasteiger partial charge in [0.15, 0.2) is 23.1 Å². The van der Waals surface area contributed by atoms with Crippen LogP contribution in [0.25, 0.3) is 22.0 Å². The zero-order chi connectivity index (χ0) is 29.6. The first-order valence-corrected chi connectivity index (χ1v) is 13.3. The van der Waals surface area contributed by atoms with Gasteiger partial charge in [-0.1, -0.05) is 39.7 Å². The summed E-state index contributed by atoms with van der Waals surface area (Å²) in [6.07, 6.45) is -1.87. The largest absolute Gasteiger partial charge is 0.364 e. The SMILES string of the molecule is NC(=O)c1nn(CC(=O)N2C[C@H](F)C[C@H]2C(=O)Nc2cccc(-c3cc(F)c(F)cc3Cl)c2F)c2ccc(Br)cc12. The Bertz CT molecular complexity index is 1730. The van der Waals surface area contributed by atoms with Crippen molar-refractivity contribution in [2.45, 2.75) is 25.2 Å². The van der Waals surface area contributed by atoms with Gasteiger partial charge in [0, 0.05) is 27.4 Å². The molecule has 0 bridgehead atoms. The van der Waals surface area contributed by atoms with E-state index < -0.39 is 60.5 Å². The smallest absolute Gasteiger partial charge is 0.269 e. The minimum absolute atomic E-state index is 0.0651. The van der Waals surface area contributed by atoms with Crippen LogP contribution in [0.3, 0.4) is 0 Å². The Balaban J connectivity index is 1.39. The average molecular weight is 653 g/mol. The predicted molar refractivity (Wildman–Crippen MR) is 146 cm³/mol. The van der Waals surface area contributed by atoms with Crippen LogP contribution < -0.4 is 11.1 Å². The van der Waals surface area contributed by atoms with Crippen LogP contribution in [0.1, 0.15) is 16.9 Å². The Morgan fingerprint density at radius 2 is 1.80 bits per heavy atom. The van der Waals surface area contributed by atoms with Gasteiger partial charge in [0.2, 0.25) is 11.8 Å². The number of primary amides is 1. The van der Waals surface area contributed by atoms with Gasteiger partial charge in [-0.05, 0) is 36.4 Å². The zero-order valence-electron chi connectivity index (χ0n) is 20.8. The number of rotatable bonds is 6. The van der Waals surface area contributed by atoms with E-state index in [2.05, 4.69) is 26.3 Å². The first-order valence-electron chi connectivity index (χ1n) is 12.1. The van der Waals surface area contributed by atoms with Gasteiger partial charge < -0.3 is 16.0 Å². The maximum Gasteiger partial charge on any atom is 0.269 e. The number of nitrogens with one attached hydrogen (secondary N) is 1. The summed E-state index contributed by atoms with van der Waals surface area (Å²) in [6, 6.07) is 8.89. The number of nitrogens with zero attached hydrogens (tertiary/aromatic N) is 3. The number of carbonyl (C=O) groups is 3. The van der Waals surface area contributed by atoms with Crippen molar-refractivity contribution in [2.24, 2.45) is 5.73 Å². The molecular weight excluding hydrogens is 634 g/mol. The predicted octanol–water partition coefficient (Wildman–Crippen LogP) is 5.21. The second-order valence-electron chi connectivity index (χ2n) is 9.33. The number of benzene rings is 3. The number of amides is 3. The molecule has 1 aromatic heterocycles. The van der Waals surface area contributed by atoms with E-state index in [0.717, 1.165) is 11.0 Å². The Morgan fingerprint density at radius 3 is 2.54 bits per heavy atom. The normalized spacial score (nSPS) is 16.8. The van der Waals surface area contributed by atoms with Crippen LogP contribution >= 0.6 is 27.5 Å². The van der Waals surface area contributed by atoms with E-state index in [0.29, 0.717) is 21.4 Å². The van der Waals surface area contributed by atoms with Gasteiger partial charge in [0.05, 0.1) is 22.8 Å². The van der Waals surface area contributed by atoms with Crippen molar-refractivity contribution in [1.82, 2.24) is 14.7 Å². The van der Waals surface area contributed by atoms with E-state index >= 15 is 4.39 Å². The van der Waals surface area contributed by atoms with Crippen LogP contribution in [0, 0.1) is 17.5 Å². The highest BCUT2D eigenvalue weighted by atomic mass is 79.9. The van der Waals surface area contributed by atoms with E-state index in [1.807, 2.05) is 0 Å². The molecule has 0 aliphatic carbocycles. The van der Waals surface area contributed by atoms with Crippen molar-refractivity contribution in [2.75, 3.05) is 11.9 Å². The highest BCUT2D eigenvalue weighted by molar-refractivity contribution is 9.10. The molecular formula is C27H19BrClF4N5O3. The van der Waals surface area contributed by atoms with Crippen LogP contribution in [-0.4, -0.2) is 51.2 Å². The number of carbonyl (C=O) groups excluding carboxylic acids is 3. The molecule has 2 atom stereocenters. The van der Waals surface area contributed by atoms with E-state index in [1.165, 1.54) is 22.9 Å². The molecule has 3 aromatic carbocycles. The number of hydrogen-bond acceptors (Lipinski definition) is 4. The lowest BCUT2D eigenvalue weighted by Crippen LogP contribution is -2.44. The number of fused-ring (bicyclic) bond motifs is 1. The summed E-state index contributed by atoms with van der Waals surface area (Å²) >= 11 is 9.29. The molecule has 1 aliphatic heterocycles. The van der Waals surface area contributed by atoms with Crippen LogP contribution in [0.2, 0.25) is 5.02 Å². The van der Waals surface area contributed by atoms with Gasteiger partial charge in [0.1, 0.15) is 18.8 Å². The molecule has 1 aliphatic rings. The number of aromatic nitrogens is 2. The van der Waals surface area contributed by atoms with Gasteiger partial charge in [-0.2, -0.15) is 5.10 Å². The molecule has 3 N–H and O–H groups in total. The number of hydrogen-bond donors (Lipinski definition) is 2. The van der Waals surface area contributed by atoms with Gasteiger partial charge in [-0.25, -0.2) is 17.6 Å². The quantitative estimate of drug-likeness (QED) is 0.220. The highest BCUT2D eigenvalue weighted by Gasteiger charge is 2.40. The zero-order valence-corrected chi connectivity index (χ0v) is 23.1. The molecule has 0 saturated carbocycles. The number of anilines is 1. The van der Waals surface area contributed by atoms with Crippen molar-refractivity contribution in [3.63, 3.8) is 0 Å². The Kier molecular flexibility index (Phi) is 7.75. The van der Waals surface area contributed by atoms with E-state index in [4.69, 9.17) is 17.3 Å². The topological polar surface area (TPSA) is 110 Å². The Hall–Kier alpha value is -3.97. The molecule has 212 valence electrons. The summed E-state index contributed by atoms with van der Waals surface area (Å²) < 4.78 is 59.1. The lowest BCUT2D eigenvalue weighted by molar-refractivity contribution is -0.137. The lowest BCUT2D eigenvalue weighted by Gasteiger charge is -2.24. The summed E-state index contributed by atoms with van der Waals surface area (Å²) in [6.45, 7) is -0.822. The molecule has 8 nitrogen and oxygen atoms in total. The Labute approximate surface area is 243 Å².